The van der Waals surface area contributed by atoms with Gasteiger partial charge in [-0.2, -0.15) is 0 Å². The van der Waals surface area contributed by atoms with Crippen LogP contribution in [-0.2, 0) is 9.59 Å². The van der Waals surface area contributed by atoms with Crippen molar-refractivity contribution in [1.29, 1.82) is 0 Å². The first-order chi connectivity index (χ1) is 15.9. The molecular formula is C25H34N4O4. The predicted octanol–water partition coefficient (Wildman–Crippen LogP) is 2.71. The van der Waals surface area contributed by atoms with Gasteiger partial charge in [-0.05, 0) is 87.7 Å². The van der Waals surface area contributed by atoms with Crippen LogP contribution in [0, 0.1) is 11.8 Å². The van der Waals surface area contributed by atoms with E-state index >= 15 is 0 Å². The van der Waals surface area contributed by atoms with Crippen LogP contribution in [0.1, 0.15) is 48.9 Å². The van der Waals surface area contributed by atoms with Crippen molar-refractivity contribution in [3.63, 3.8) is 0 Å². The van der Waals surface area contributed by atoms with E-state index in [4.69, 9.17) is 5.11 Å². The van der Waals surface area contributed by atoms with E-state index in [1.54, 1.807) is 18.3 Å². The number of carbonyl (C=O) groups is 3. The molecule has 2 aromatic rings. The minimum atomic E-state index is -0.976. The van der Waals surface area contributed by atoms with E-state index in [2.05, 4.69) is 22.2 Å². The lowest BCUT2D eigenvalue weighted by Gasteiger charge is -2.40. The summed E-state index contributed by atoms with van der Waals surface area (Å²) in [6, 6.07) is 6.40. The molecule has 0 unspecified atom stereocenters. The Balaban J connectivity index is 1.38. The molecule has 0 aliphatic carbocycles. The first-order valence-corrected chi connectivity index (χ1v) is 12.0. The molecule has 1 atom stereocenters. The molecule has 8 nitrogen and oxygen atoms in total. The molecule has 2 amide bonds. The lowest BCUT2D eigenvalue weighted by Crippen LogP contribution is -2.51. The maximum Gasteiger partial charge on any atom is 0.303 e. The summed E-state index contributed by atoms with van der Waals surface area (Å²) >= 11 is 0. The van der Waals surface area contributed by atoms with Crippen LogP contribution in [0.3, 0.4) is 0 Å². The lowest BCUT2D eigenvalue weighted by molar-refractivity contribution is -0.138. The number of fused-ring (bicyclic) bond motifs is 1. The fraction of sp³-hybridized carbons (Fsp3) is 0.560. The van der Waals surface area contributed by atoms with E-state index in [0.717, 1.165) is 42.8 Å². The molecule has 33 heavy (non-hydrogen) atoms. The molecule has 4 rings (SSSR count). The largest absolute Gasteiger partial charge is 0.481 e. The number of carboxylic acids is 1. The van der Waals surface area contributed by atoms with Gasteiger partial charge in [0.15, 0.2) is 0 Å². The molecule has 2 aliphatic rings. The molecule has 2 aliphatic heterocycles. The first-order valence-electron chi connectivity index (χ1n) is 12.0. The molecule has 178 valence electrons. The summed E-state index contributed by atoms with van der Waals surface area (Å²) in [5, 5.41) is 13.0. The fourth-order valence-electron chi connectivity index (χ4n) is 5.27. The van der Waals surface area contributed by atoms with Gasteiger partial charge in [0.25, 0.3) is 5.91 Å². The Hall–Kier alpha value is -2.87. The van der Waals surface area contributed by atoms with Crippen LogP contribution < -0.4 is 5.32 Å². The number of amides is 2. The molecule has 2 fully saturated rings. The number of nitrogens with zero attached hydrogens (tertiary/aromatic N) is 2. The Kier molecular flexibility index (Phi) is 7.33. The highest BCUT2D eigenvalue weighted by Gasteiger charge is 2.33. The van der Waals surface area contributed by atoms with Gasteiger partial charge in [-0.25, -0.2) is 0 Å². The number of carboxylic acid groups (broad SMARTS) is 1. The van der Waals surface area contributed by atoms with Gasteiger partial charge in [-0.15, -0.1) is 0 Å². The number of benzene rings is 1. The number of hydrogen-bond acceptors (Lipinski definition) is 4. The highest BCUT2D eigenvalue weighted by atomic mass is 16.4. The summed E-state index contributed by atoms with van der Waals surface area (Å²) < 4.78 is 0. The standard InChI is InChI=1S/C25H34N4O4/c1-28-12-7-17(8-13-28)18-9-14-29(15-10-18)25(33)21(4-5-23(30)31)27-24(32)20-3-2-19-6-11-26-22(19)16-20/h2-3,6,11,16-18,21,26H,4-5,7-10,12-15H2,1H3,(H,27,32)(H,30,31)/t21-/m1/s1. The number of likely N-dealkylation sites (tertiary alicyclic amines) is 2. The quantitative estimate of drug-likeness (QED) is 0.597. The SMILES string of the molecule is CN1CCC(C2CCN(C(=O)[C@@H](CCC(=O)O)NC(=O)c3ccc4cc[nH]c4c3)CC2)CC1. The van der Waals surface area contributed by atoms with Gasteiger partial charge in [0, 0.05) is 36.8 Å². The highest BCUT2D eigenvalue weighted by Crippen LogP contribution is 2.32. The molecule has 0 spiro atoms. The molecule has 3 heterocycles. The van der Waals surface area contributed by atoms with Crippen molar-refractivity contribution < 1.29 is 19.5 Å². The van der Waals surface area contributed by atoms with E-state index in [-0.39, 0.29) is 24.7 Å². The van der Waals surface area contributed by atoms with Crippen LogP contribution in [0.15, 0.2) is 30.5 Å². The molecular weight excluding hydrogens is 420 g/mol. The van der Waals surface area contributed by atoms with E-state index in [1.807, 2.05) is 17.0 Å². The van der Waals surface area contributed by atoms with Crippen LogP contribution in [-0.4, -0.2) is 76.9 Å². The zero-order chi connectivity index (χ0) is 23.4. The van der Waals surface area contributed by atoms with E-state index in [9.17, 15) is 14.4 Å². The molecule has 3 N–H and O–H groups in total. The molecule has 0 saturated carbocycles. The van der Waals surface area contributed by atoms with Crippen molar-refractivity contribution in [2.24, 2.45) is 11.8 Å². The monoisotopic (exact) mass is 454 g/mol. The van der Waals surface area contributed by atoms with Gasteiger partial charge in [0.05, 0.1) is 0 Å². The van der Waals surface area contributed by atoms with Crippen LogP contribution in [0.2, 0.25) is 0 Å². The first kappa shape index (κ1) is 23.3. The Bertz CT molecular complexity index is 987. The number of rotatable bonds is 7. The lowest BCUT2D eigenvalue weighted by atomic mass is 9.79. The van der Waals surface area contributed by atoms with Crippen LogP contribution in [0.4, 0.5) is 0 Å². The van der Waals surface area contributed by atoms with Crippen molar-refractivity contribution >= 4 is 28.7 Å². The number of aromatic amines is 1. The second-order valence-corrected chi connectivity index (χ2v) is 9.54. The number of H-pyrrole nitrogens is 1. The molecule has 1 aromatic carbocycles. The molecule has 0 bridgehead atoms. The smallest absolute Gasteiger partial charge is 0.303 e. The number of aromatic nitrogens is 1. The average Bonchev–Trinajstić information content (AvgIpc) is 3.29. The van der Waals surface area contributed by atoms with Crippen LogP contribution >= 0.6 is 0 Å². The van der Waals surface area contributed by atoms with Gasteiger partial charge in [-0.1, -0.05) is 6.07 Å². The minimum absolute atomic E-state index is 0.0829. The number of carbonyl (C=O) groups excluding carboxylic acids is 2. The Labute approximate surface area is 194 Å². The fourth-order valence-corrected chi connectivity index (χ4v) is 5.27. The Morgan fingerprint density at radius 1 is 1.06 bits per heavy atom. The van der Waals surface area contributed by atoms with E-state index in [1.165, 1.54) is 12.8 Å². The predicted molar refractivity (Wildman–Crippen MR) is 126 cm³/mol. The summed E-state index contributed by atoms with van der Waals surface area (Å²) in [5.74, 6) is -0.147. The topological polar surface area (TPSA) is 106 Å². The van der Waals surface area contributed by atoms with Crippen molar-refractivity contribution in [2.45, 2.75) is 44.6 Å². The van der Waals surface area contributed by atoms with Gasteiger partial charge >= 0.3 is 5.97 Å². The van der Waals surface area contributed by atoms with Gasteiger partial charge in [0.2, 0.25) is 5.91 Å². The number of nitrogens with one attached hydrogen (secondary N) is 2. The number of piperidine rings is 2. The Morgan fingerprint density at radius 3 is 2.39 bits per heavy atom. The van der Waals surface area contributed by atoms with Crippen molar-refractivity contribution in [1.82, 2.24) is 20.1 Å². The second-order valence-electron chi connectivity index (χ2n) is 9.54. The van der Waals surface area contributed by atoms with Crippen LogP contribution in [0.25, 0.3) is 10.9 Å². The van der Waals surface area contributed by atoms with Crippen molar-refractivity contribution in [2.75, 3.05) is 33.2 Å². The number of aliphatic carboxylic acids is 1. The van der Waals surface area contributed by atoms with Crippen LogP contribution in [0.5, 0.6) is 0 Å². The zero-order valence-electron chi connectivity index (χ0n) is 19.3. The average molecular weight is 455 g/mol. The summed E-state index contributed by atoms with van der Waals surface area (Å²) in [7, 11) is 2.17. The van der Waals surface area contributed by atoms with Gasteiger partial charge in [-0.3, -0.25) is 14.4 Å². The van der Waals surface area contributed by atoms with E-state index < -0.39 is 12.0 Å². The summed E-state index contributed by atoms with van der Waals surface area (Å²) in [6.07, 6.45) is 6.11. The maximum atomic E-state index is 13.3. The third-order valence-electron chi connectivity index (χ3n) is 7.35. The van der Waals surface area contributed by atoms with E-state index in [0.29, 0.717) is 24.6 Å². The maximum absolute atomic E-state index is 13.3. The summed E-state index contributed by atoms with van der Waals surface area (Å²) in [5.41, 5.74) is 1.28. The number of hydrogen-bond donors (Lipinski definition) is 3. The second kappa shape index (κ2) is 10.4. The van der Waals surface area contributed by atoms with Crippen molar-refractivity contribution in [3.8, 4) is 0 Å². The third-order valence-corrected chi connectivity index (χ3v) is 7.35. The highest BCUT2D eigenvalue weighted by molar-refractivity contribution is 6.00. The third kappa shape index (κ3) is 5.74. The molecule has 2 saturated heterocycles. The summed E-state index contributed by atoms with van der Waals surface area (Å²) in [6.45, 7) is 3.62. The normalized spacial score (nSPS) is 19.5. The summed E-state index contributed by atoms with van der Waals surface area (Å²) in [4.78, 5) is 44.6. The molecule has 0 radical (unpaired) electrons. The van der Waals surface area contributed by atoms with Crippen molar-refractivity contribution in [3.05, 3.63) is 36.0 Å². The van der Waals surface area contributed by atoms with Gasteiger partial charge in [0.1, 0.15) is 6.04 Å². The zero-order valence-corrected chi connectivity index (χ0v) is 19.3. The minimum Gasteiger partial charge on any atom is -0.481 e. The molecule has 8 heteroatoms. The Morgan fingerprint density at radius 2 is 1.73 bits per heavy atom. The molecule has 1 aromatic heterocycles. The van der Waals surface area contributed by atoms with Gasteiger partial charge < -0.3 is 25.2 Å².